The lowest BCUT2D eigenvalue weighted by molar-refractivity contribution is -0.122. The average Bonchev–Trinajstić information content (AvgIpc) is 2.82. The highest BCUT2D eigenvalue weighted by molar-refractivity contribution is 6.40. The number of carbonyl (C=O) groups is 3. The number of anilines is 1. The number of amides is 4. The van der Waals surface area contributed by atoms with E-state index in [1.165, 1.54) is 18.2 Å². The van der Waals surface area contributed by atoms with Crippen molar-refractivity contribution in [3.05, 3.63) is 97.0 Å². The maximum atomic E-state index is 13.1. The van der Waals surface area contributed by atoms with Gasteiger partial charge in [0, 0.05) is 15.6 Å². The summed E-state index contributed by atoms with van der Waals surface area (Å²) in [5.74, 6) is -1.38. The van der Waals surface area contributed by atoms with E-state index in [-0.39, 0.29) is 28.0 Å². The lowest BCUT2D eigenvalue weighted by Gasteiger charge is -2.26. The van der Waals surface area contributed by atoms with E-state index < -0.39 is 17.8 Å². The number of hydrogen-bond donors (Lipinski definition) is 1. The summed E-state index contributed by atoms with van der Waals surface area (Å²) in [6.07, 6.45) is 2.12. The molecule has 1 heterocycles. The molecule has 36 heavy (non-hydrogen) atoms. The second-order valence-electron chi connectivity index (χ2n) is 7.82. The second kappa shape index (κ2) is 10.9. The fourth-order valence-corrected chi connectivity index (χ4v) is 4.60. The van der Waals surface area contributed by atoms with Crippen molar-refractivity contribution >= 4 is 76.0 Å². The summed E-state index contributed by atoms with van der Waals surface area (Å²) in [5.41, 5.74) is 2.19. The zero-order valence-corrected chi connectivity index (χ0v) is 21.8. The van der Waals surface area contributed by atoms with Gasteiger partial charge in [-0.05, 0) is 60.0 Å². The smallest absolute Gasteiger partial charge is 0.335 e. The maximum absolute atomic E-state index is 13.1. The summed E-state index contributed by atoms with van der Waals surface area (Å²) >= 11 is 24.9. The van der Waals surface area contributed by atoms with Crippen molar-refractivity contribution in [2.75, 3.05) is 4.90 Å². The molecular weight excluding hydrogens is 546 g/mol. The molecule has 0 atom stereocenters. The molecule has 0 aromatic heterocycles. The van der Waals surface area contributed by atoms with Gasteiger partial charge in [-0.25, -0.2) is 9.69 Å². The molecule has 4 amide bonds. The molecule has 0 spiro atoms. The highest BCUT2D eigenvalue weighted by Gasteiger charge is 2.36. The third-order valence-electron chi connectivity index (χ3n) is 5.42. The van der Waals surface area contributed by atoms with Crippen LogP contribution in [0.2, 0.25) is 20.1 Å². The fourth-order valence-electron chi connectivity index (χ4n) is 3.53. The molecular formula is C26H18Cl4N2O4. The third kappa shape index (κ3) is 5.52. The van der Waals surface area contributed by atoms with Crippen LogP contribution in [0.4, 0.5) is 10.5 Å². The molecule has 1 saturated heterocycles. The predicted molar refractivity (Wildman–Crippen MR) is 142 cm³/mol. The molecule has 1 aliphatic rings. The van der Waals surface area contributed by atoms with Gasteiger partial charge in [0.1, 0.15) is 12.2 Å². The third-order valence-corrected chi connectivity index (χ3v) is 6.57. The number of benzene rings is 3. The molecule has 4 rings (SSSR count). The van der Waals surface area contributed by atoms with Crippen molar-refractivity contribution in [1.82, 2.24) is 5.32 Å². The summed E-state index contributed by atoms with van der Waals surface area (Å²) in [6, 6.07) is 14.1. The summed E-state index contributed by atoms with van der Waals surface area (Å²) < 4.78 is 5.76. The van der Waals surface area contributed by atoms with E-state index in [1.807, 2.05) is 19.1 Å². The van der Waals surface area contributed by atoms with Crippen LogP contribution in [-0.2, 0) is 22.6 Å². The summed E-state index contributed by atoms with van der Waals surface area (Å²) in [4.78, 5) is 38.9. The van der Waals surface area contributed by atoms with Gasteiger partial charge in [-0.3, -0.25) is 14.9 Å². The number of urea groups is 1. The maximum Gasteiger partial charge on any atom is 0.335 e. The van der Waals surface area contributed by atoms with Crippen molar-refractivity contribution in [2.45, 2.75) is 20.0 Å². The molecule has 1 aliphatic heterocycles. The average molecular weight is 564 g/mol. The molecule has 0 saturated carbocycles. The van der Waals surface area contributed by atoms with E-state index in [4.69, 9.17) is 51.1 Å². The predicted octanol–water partition coefficient (Wildman–Crippen LogP) is 7.11. The molecule has 1 N–H and O–H groups in total. The van der Waals surface area contributed by atoms with E-state index in [9.17, 15) is 14.4 Å². The SMILES string of the molecule is CCc1ccc(N2C(=O)NC(=O)/C(=C/c3cc(Cl)c(OCc4ccc(Cl)cc4Cl)c(Cl)c3)C2=O)cc1. The van der Waals surface area contributed by atoms with Crippen molar-refractivity contribution in [3.8, 4) is 5.75 Å². The Balaban J connectivity index is 1.60. The van der Waals surface area contributed by atoms with Crippen LogP contribution in [0.5, 0.6) is 5.75 Å². The van der Waals surface area contributed by atoms with E-state index in [1.54, 1.807) is 30.3 Å². The Morgan fingerprint density at radius 1 is 0.889 bits per heavy atom. The van der Waals surface area contributed by atoms with Crippen molar-refractivity contribution in [2.24, 2.45) is 0 Å². The first-order chi connectivity index (χ1) is 17.2. The van der Waals surface area contributed by atoms with Crippen LogP contribution in [0.3, 0.4) is 0 Å². The number of rotatable bonds is 6. The highest BCUT2D eigenvalue weighted by Crippen LogP contribution is 2.36. The van der Waals surface area contributed by atoms with Crippen LogP contribution in [0.1, 0.15) is 23.6 Å². The Bertz CT molecular complexity index is 1380. The molecule has 0 unspecified atom stereocenters. The van der Waals surface area contributed by atoms with Crippen LogP contribution in [-0.4, -0.2) is 17.8 Å². The Kier molecular flexibility index (Phi) is 7.91. The zero-order valence-electron chi connectivity index (χ0n) is 18.8. The van der Waals surface area contributed by atoms with Gasteiger partial charge in [0.25, 0.3) is 11.8 Å². The topological polar surface area (TPSA) is 75.7 Å². The molecule has 0 bridgehead atoms. The molecule has 0 aliphatic carbocycles. The number of carbonyl (C=O) groups excluding carboxylic acids is 3. The van der Waals surface area contributed by atoms with Gasteiger partial charge in [-0.2, -0.15) is 0 Å². The Morgan fingerprint density at radius 2 is 1.56 bits per heavy atom. The summed E-state index contributed by atoms with van der Waals surface area (Å²) in [6.45, 7) is 2.08. The molecule has 184 valence electrons. The first kappa shape index (κ1) is 26.0. The number of aryl methyl sites for hydroxylation is 1. The van der Waals surface area contributed by atoms with Gasteiger partial charge in [0.2, 0.25) is 0 Å². The quantitative estimate of drug-likeness (QED) is 0.256. The normalized spacial score (nSPS) is 14.9. The van der Waals surface area contributed by atoms with Gasteiger partial charge in [0.05, 0.1) is 15.7 Å². The minimum atomic E-state index is -0.827. The second-order valence-corrected chi connectivity index (χ2v) is 9.47. The van der Waals surface area contributed by atoms with Gasteiger partial charge in [-0.15, -0.1) is 0 Å². The van der Waals surface area contributed by atoms with Crippen LogP contribution < -0.4 is 15.0 Å². The van der Waals surface area contributed by atoms with Crippen molar-refractivity contribution in [3.63, 3.8) is 0 Å². The van der Waals surface area contributed by atoms with Crippen LogP contribution >= 0.6 is 46.4 Å². The number of ether oxygens (including phenoxy) is 1. The standard InChI is InChI=1S/C26H18Cl4N2O4/c1-2-14-3-7-18(8-4-14)32-25(34)19(24(33)31-26(32)35)9-15-10-21(29)23(22(30)11-15)36-13-16-5-6-17(27)12-20(16)28/h3-12H,2,13H2,1H3,(H,31,33,35)/b19-9-. The molecule has 3 aromatic carbocycles. The van der Waals surface area contributed by atoms with Gasteiger partial charge in [0.15, 0.2) is 5.75 Å². The highest BCUT2D eigenvalue weighted by atomic mass is 35.5. The summed E-state index contributed by atoms with van der Waals surface area (Å²) in [5, 5.41) is 3.44. The first-order valence-electron chi connectivity index (χ1n) is 10.7. The molecule has 3 aromatic rings. The Labute approximate surface area is 227 Å². The lowest BCUT2D eigenvalue weighted by atomic mass is 10.1. The van der Waals surface area contributed by atoms with Crippen LogP contribution in [0.15, 0.2) is 60.2 Å². The number of nitrogens with one attached hydrogen (secondary N) is 1. The molecule has 1 fully saturated rings. The minimum absolute atomic E-state index is 0.0880. The van der Waals surface area contributed by atoms with E-state index >= 15 is 0 Å². The van der Waals surface area contributed by atoms with Gasteiger partial charge < -0.3 is 4.74 Å². The monoisotopic (exact) mass is 562 g/mol. The molecule has 10 heteroatoms. The number of hydrogen-bond acceptors (Lipinski definition) is 4. The number of imide groups is 2. The van der Waals surface area contributed by atoms with Crippen LogP contribution in [0.25, 0.3) is 6.08 Å². The minimum Gasteiger partial charge on any atom is -0.486 e. The first-order valence-corrected chi connectivity index (χ1v) is 12.2. The largest absolute Gasteiger partial charge is 0.486 e. The molecule has 6 nitrogen and oxygen atoms in total. The van der Waals surface area contributed by atoms with E-state index in [0.717, 1.165) is 16.9 Å². The number of halogens is 4. The van der Waals surface area contributed by atoms with Crippen LogP contribution in [0, 0.1) is 0 Å². The van der Waals surface area contributed by atoms with Crippen molar-refractivity contribution in [1.29, 1.82) is 0 Å². The van der Waals surface area contributed by atoms with Crippen molar-refractivity contribution < 1.29 is 19.1 Å². The van der Waals surface area contributed by atoms with Gasteiger partial charge in [-0.1, -0.05) is 71.5 Å². The Morgan fingerprint density at radius 3 is 2.17 bits per heavy atom. The summed E-state index contributed by atoms with van der Waals surface area (Å²) in [7, 11) is 0. The zero-order chi connectivity index (χ0) is 26.0. The number of barbiturate groups is 1. The fraction of sp³-hybridized carbons (Fsp3) is 0.115. The molecule has 0 radical (unpaired) electrons. The Hall–Kier alpha value is -3.03. The van der Waals surface area contributed by atoms with Gasteiger partial charge >= 0.3 is 6.03 Å². The van der Waals surface area contributed by atoms with E-state index in [0.29, 0.717) is 26.9 Å². The number of nitrogens with zero attached hydrogens (tertiary/aromatic N) is 1. The lowest BCUT2D eigenvalue weighted by Crippen LogP contribution is -2.54. The van der Waals surface area contributed by atoms with E-state index in [2.05, 4.69) is 5.32 Å².